The number of benzene rings is 1. The summed E-state index contributed by atoms with van der Waals surface area (Å²) in [6.07, 6.45) is 0. The predicted octanol–water partition coefficient (Wildman–Crippen LogP) is 3.75. The molecule has 0 fully saturated rings. The van der Waals surface area contributed by atoms with E-state index in [-0.39, 0.29) is 9.92 Å². The normalized spacial score (nSPS) is 11.5. The van der Waals surface area contributed by atoms with Gasteiger partial charge >= 0.3 is 0 Å². The fourth-order valence-electron chi connectivity index (χ4n) is 1.41. The lowest BCUT2D eigenvalue weighted by atomic mass is 10.4. The molecule has 2 rings (SSSR count). The first kappa shape index (κ1) is 13.7. The Bertz CT molecular complexity index is 682. The zero-order chi connectivity index (χ0) is 13.3. The zero-order valence-electron chi connectivity index (χ0n) is 9.39. The van der Waals surface area contributed by atoms with E-state index in [1.165, 1.54) is 6.07 Å². The molecular weight excluding hydrogens is 382 g/mol. The maximum atomic E-state index is 12.3. The second-order valence-electron chi connectivity index (χ2n) is 3.67. The summed E-state index contributed by atoms with van der Waals surface area (Å²) in [5.41, 5.74) is 0.646. The molecular formula is C12H9Br2NO2S. The standard InChI is InChI=1S/C12H9Br2NO2S/c1-8-11(14)6-7-12(15-8)18(16,17)10-4-2-9(13)3-5-10/h2-7H,1H3. The predicted molar refractivity (Wildman–Crippen MR) is 76.3 cm³/mol. The minimum absolute atomic E-state index is 0.0607. The Hall–Kier alpha value is -0.720. The van der Waals surface area contributed by atoms with Crippen molar-refractivity contribution in [1.82, 2.24) is 4.98 Å². The van der Waals surface area contributed by atoms with E-state index in [2.05, 4.69) is 36.8 Å². The van der Waals surface area contributed by atoms with E-state index in [1.54, 1.807) is 37.3 Å². The van der Waals surface area contributed by atoms with Crippen LogP contribution >= 0.6 is 31.9 Å². The van der Waals surface area contributed by atoms with Gasteiger partial charge in [-0.1, -0.05) is 15.9 Å². The number of rotatable bonds is 2. The number of hydrogen-bond donors (Lipinski definition) is 0. The minimum Gasteiger partial charge on any atom is -0.240 e. The maximum absolute atomic E-state index is 12.3. The molecule has 0 aliphatic heterocycles. The van der Waals surface area contributed by atoms with Crippen molar-refractivity contribution in [2.75, 3.05) is 0 Å². The van der Waals surface area contributed by atoms with Crippen LogP contribution in [0.2, 0.25) is 0 Å². The van der Waals surface area contributed by atoms with Crippen molar-refractivity contribution in [2.24, 2.45) is 0 Å². The van der Waals surface area contributed by atoms with Crippen molar-refractivity contribution >= 4 is 41.7 Å². The van der Waals surface area contributed by atoms with Crippen LogP contribution in [-0.4, -0.2) is 13.4 Å². The number of halogens is 2. The highest BCUT2D eigenvalue weighted by molar-refractivity contribution is 9.10. The summed E-state index contributed by atoms with van der Waals surface area (Å²) in [7, 11) is -3.55. The Balaban J connectivity index is 2.54. The molecule has 0 N–H and O–H groups in total. The summed E-state index contributed by atoms with van der Waals surface area (Å²) >= 11 is 6.57. The molecule has 0 aliphatic rings. The van der Waals surface area contributed by atoms with Crippen LogP contribution in [0.15, 0.2) is 55.3 Å². The van der Waals surface area contributed by atoms with Crippen LogP contribution in [0.1, 0.15) is 5.69 Å². The highest BCUT2D eigenvalue weighted by Crippen LogP contribution is 2.23. The summed E-state index contributed by atoms with van der Waals surface area (Å²) < 4.78 is 26.3. The van der Waals surface area contributed by atoms with Crippen LogP contribution in [0.5, 0.6) is 0 Å². The number of aryl methyl sites for hydroxylation is 1. The van der Waals surface area contributed by atoms with Crippen molar-refractivity contribution in [3.63, 3.8) is 0 Å². The second kappa shape index (κ2) is 5.11. The van der Waals surface area contributed by atoms with Gasteiger partial charge in [-0.3, -0.25) is 0 Å². The number of hydrogen-bond acceptors (Lipinski definition) is 3. The van der Waals surface area contributed by atoms with Crippen molar-refractivity contribution in [3.05, 3.63) is 51.0 Å². The van der Waals surface area contributed by atoms with E-state index < -0.39 is 9.84 Å². The van der Waals surface area contributed by atoms with Gasteiger partial charge in [0.1, 0.15) is 0 Å². The van der Waals surface area contributed by atoms with Crippen LogP contribution in [0.3, 0.4) is 0 Å². The third-order valence-electron chi connectivity index (χ3n) is 2.40. The molecule has 18 heavy (non-hydrogen) atoms. The van der Waals surface area contributed by atoms with Crippen LogP contribution in [0.4, 0.5) is 0 Å². The van der Waals surface area contributed by atoms with Gasteiger partial charge in [0.25, 0.3) is 0 Å². The SMILES string of the molecule is Cc1nc(S(=O)(=O)c2ccc(Br)cc2)ccc1Br. The summed E-state index contributed by atoms with van der Waals surface area (Å²) in [6.45, 7) is 1.75. The van der Waals surface area contributed by atoms with Crippen LogP contribution in [0.25, 0.3) is 0 Å². The molecule has 3 nitrogen and oxygen atoms in total. The first-order chi connectivity index (χ1) is 8.41. The molecule has 0 atom stereocenters. The molecule has 0 bridgehead atoms. The van der Waals surface area contributed by atoms with E-state index in [9.17, 15) is 8.42 Å². The van der Waals surface area contributed by atoms with E-state index in [4.69, 9.17) is 0 Å². The highest BCUT2D eigenvalue weighted by atomic mass is 79.9. The molecule has 0 spiro atoms. The van der Waals surface area contributed by atoms with E-state index in [0.717, 1.165) is 8.95 Å². The molecule has 0 amide bonds. The van der Waals surface area contributed by atoms with Gasteiger partial charge in [0, 0.05) is 8.95 Å². The Morgan fingerprint density at radius 1 is 1.00 bits per heavy atom. The summed E-state index contributed by atoms with van der Waals surface area (Å²) in [5.74, 6) is 0. The summed E-state index contributed by atoms with van der Waals surface area (Å²) in [4.78, 5) is 4.33. The zero-order valence-corrected chi connectivity index (χ0v) is 13.4. The van der Waals surface area contributed by atoms with E-state index in [1.807, 2.05) is 0 Å². The van der Waals surface area contributed by atoms with Crippen molar-refractivity contribution in [1.29, 1.82) is 0 Å². The highest BCUT2D eigenvalue weighted by Gasteiger charge is 2.19. The quantitative estimate of drug-likeness (QED) is 0.784. The molecule has 0 aliphatic carbocycles. The van der Waals surface area contributed by atoms with Gasteiger partial charge in [-0.15, -0.1) is 0 Å². The lowest BCUT2D eigenvalue weighted by Gasteiger charge is -2.05. The maximum Gasteiger partial charge on any atom is 0.223 e. The molecule has 1 aromatic heterocycles. The van der Waals surface area contributed by atoms with Gasteiger partial charge in [0.2, 0.25) is 9.84 Å². The molecule has 0 saturated carbocycles. The van der Waals surface area contributed by atoms with Gasteiger partial charge in [-0.25, -0.2) is 13.4 Å². The number of pyridine rings is 1. The smallest absolute Gasteiger partial charge is 0.223 e. The van der Waals surface area contributed by atoms with Crippen LogP contribution < -0.4 is 0 Å². The average Bonchev–Trinajstić information content (AvgIpc) is 2.33. The van der Waals surface area contributed by atoms with Crippen molar-refractivity contribution in [3.8, 4) is 0 Å². The molecule has 94 valence electrons. The Morgan fingerprint density at radius 3 is 2.17 bits per heavy atom. The largest absolute Gasteiger partial charge is 0.240 e. The second-order valence-corrected chi connectivity index (χ2v) is 7.34. The number of aromatic nitrogens is 1. The average molecular weight is 391 g/mol. The van der Waals surface area contributed by atoms with Crippen LogP contribution in [-0.2, 0) is 9.84 Å². The Labute approximate surface area is 122 Å². The van der Waals surface area contributed by atoms with Gasteiger partial charge < -0.3 is 0 Å². The summed E-state index contributed by atoms with van der Waals surface area (Å²) in [6, 6.07) is 9.68. The lowest BCUT2D eigenvalue weighted by molar-refractivity contribution is 0.592. The third kappa shape index (κ3) is 2.65. The molecule has 1 aromatic carbocycles. The monoisotopic (exact) mass is 389 g/mol. The van der Waals surface area contributed by atoms with Crippen molar-refractivity contribution < 1.29 is 8.42 Å². The van der Waals surface area contributed by atoms with E-state index in [0.29, 0.717) is 5.69 Å². The Kier molecular flexibility index (Phi) is 3.89. The van der Waals surface area contributed by atoms with E-state index >= 15 is 0 Å². The van der Waals surface area contributed by atoms with Crippen molar-refractivity contribution in [2.45, 2.75) is 16.8 Å². The van der Waals surface area contributed by atoms with Gasteiger partial charge in [-0.2, -0.15) is 0 Å². The third-order valence-corrected chi connectivity index (χ3v) is 5.43. The van der Waals surface area contributed by atoms with Crippen LogP contribution in [0, 0.1) is 6.92 Å². The van der Waals surface area contributed by atoms with Gasteiger partial charge in [0.05, 0.1) is 10.6 Å². The number of sulfone groups is 1. The fraction of sp³-hybridized carbons (Fsp3) is 0.0833. The molecule has 0 unspecified atom stereocenters. The molecule has 6 heteroatoms. The molecule has 2 aromatic rings. The topological polar surface area (TPSA) is 47.0 Å². The summed E-state index contributed by atoms with van der Waals surface area (Å²) in [5, 5.41) is 0.0607. The number of nitrogens with zero attached hydrogens (tertiary/aromatic N) is 1. The fourth-order valence-corrected chi connectivity index (χ4v) is 3.13. The lowest BCUT2D eigenvalue weighted by Crippen LogP contribution is -2.05. The first-order valence-electron chi connectivity index (χ1n) is 5.05. The first-order valence-corrected chi connectivity index (χ1v) is 8.12. The minimum atomic E-state index is -3.55. The van der Waals surface area contributed by atoms with Gasteiger partial charge in [0.15, 0.2) is 5.03 Å². The van der Waals surface area contributed by atoms with Gasteiger partial charge in [-0.05, 0) is 59.3 Å². The molecule has 0 radical (unpaired) electrons. The Morgan fingerprint density at radius 2 is 1.61 bits per heavy atom. The molecule has 1 heterocycles. The molecule has 0 saturated heterocycles.